The first kappa shape index (κ1) is 6.60. The van der Waals surface area contributed by atoms with Crippen molar-refractivity contribution in [1.29, 1.82) is 0 Å². The fourth-order valence-electron chi connectivity index (χ4n) is 0.614. The van der Waals surface area contributed by atoms with Crippen LogP contribution in [0.5, 0.6) is 0 Å². The van der Waals surface area contributed by atoms with E-state index in [-0.39, 0.29) is 0 Å². The van der Waals surface area contributed by atoms with Crippen LogP contribution in [0.4, 0.5) is 5.82 Å². The molecule has 1 aromatic rings. The summed E-state index contributed by atoms with van der Waals surface area (Å²) in [6.45, 7) is 0. The molecule has 0 saturated carbocycles. The standard InChI is InChI=1S/C5H9N5/c1-10-4(6)2-3-8-5(10)9-7/h2-3H,6-7H2,1H3. The number of nitrogens with zero attached hydrogens (tertiary/aromatic N) is 3. The Labute approximate surface area is 58.0 Å². The maximum absolute atomic E-state index is 5.50. The van der Waals surface area contributed by atoms with Gasteiger partial charge in [-0.05, 0) is 6.07 Å². The predicted molar refractivity (Wildman–Crippen MR) is 37.4 cm³/mol. The number of hydrogen-bond donors (Lipinski definition) is 2. The Morgan fingerprint density at radius 2 is 2.40 bits per heavy atom. The van der Waals surface area contributed by atoms with E-state index >= 15 is 0 Å². The van der Waals surface area contributed by atoms with Gasteiger partial charge in [-0.15, -0.1) is 5.10 Å². The molecule has 5 nitrogen and oxygen atoms in total. The third-order valence-electron chi connectivity index (χ3n) is 1.24. The number of nitrogens with two attached hydrogens (primary N) is 2. The molecular weight excluding hydrogens is 130 g/mol. The summed E-state index contributed by atoms with van der Waals surface area (Å²) >= 11 is 0. The van der Waals surface area contributed by atoms with Gasteiger partial charge in [0, 0.05) is 13.2 Å². The van der Waals surface area contributed by atoms with Crippen molar-refractivity contribution in [2.45, 2.75) is 0 Å². The molecule has 5 heteroatoms. The molecule has 1 rings (SSSR count). The van der Waals surface area contributed by atoms with Crippen LogP contribution < -0.4 is 17.2 Å². The summed E-state index contributed by atoms with van der Waals surface area (Å²) < 4.78 is 1.60. The van der Waals surface area contributed by atoms with Crippen LogP contribution in [0.1, 0.15) is 0 Å². The minimum absolute atomic E-state index is 0.417. The summed E-state index contributed by atoms with van der Waals surface area (Å²) in [5.74, 6) is 5.59. The second-order valence-corrected chi connectivity index (χ2v) is 1.86. The average Bonchev–Trinajstić information content (AvgIpc) is 1.95. The van der Waals surface area contributed by atoms with Crippen LogP contribution in [0.2, 0.25) is 0 Å². The number of hydrogen-bond acceptors (Lipinski definition) is 4. The minimum Gasteiger partial charge on any atom is -0.385 e. The molecule has 1 aromatic heterocycles. The molecule has 0 radical (unpaired) electrons. The summed E-state index contributed by atoms with van der Waals surface area (Å²) in [5, 5.41) is 3.40. The lowest BCUT2D eigenvalue weighted by molar-refractivity contribution is 0.774. The molecular formula is C5H9N5. The first-order valence-electron chi connectivity index (χ1n) is 2.77. The van der Waals surface area contributed by atoms with E-state index in [1.54, 1.807) is 23.9 Å². The summed E-state index contributed by atoms with van der Waals surface area (Å²) in [6, 6.07) is 1.68. The zero-order chi connectivity index (χ0) is 7.56. The zero-order valence-electron chi connectivity index (χ0n) is 5.65. The fourth-order valence-corrected chi connectivity index (χ4v) is 0.614. The van der Waals surface area contributed by atoms with Crippen molar-refractivity contribution < 1.29 is 0 Å². The molecule has 1 heterocycles. The van der Waals surface area contributed by atoms with Crippen molar-refractivity contribution in [3.8, 4) is 0 Å². The Morgan fingerprint density at radius 3 is 2.90 bits per heavy atom. The first-order valence-corrected chi connectivity index (χ1v) is 2.77. The Morgan fingerprint density at radius 1 is 1.70 bits per heavy atom. The monoisotopic (exact) mass is 139 g/mol. The molecule has 0 saturated heterocycles. The molecule has 0 aliphatic heterocycles. The molecule has 4 N–H and O–H groups in total. The van der Waals surface area contributed by atoms with Gasteiger partial charge in [-0.2, -0.15) is 0 Å². The molecule has 0 bridgehead atoms. The molecule has 0 aromatic carbocycles. The van der Waals surface area contributed by atoms with Gasteiger partial charge >= 0.3 is 0 Å². The summed E-state index contributed by atoms with van der Waals surface area (Å²) in [6.07, 6.45) is 1.56. The van der Waals surface area contributed by atoms with Gasteiger partial charge in [0.05, 0.1) is 0 Å². The fraction of sp³-hybridized carbons (Fsp3) is 0.200. The van der Waals surface area contributed by atoms with Gasteiger partial charge in [-0.25, -0.2) is 4.98 Å². The second-order valence-electron chi connectivity index (χ2n) is 1.86. The minimum atomic E-state index is 0.417. The van der Waals surface area contributed by atoms with Gasteiger partial charge in [-0.3, -0.25) is 4.57 Å². The SMILES string of the molecule is Cn1c(N)ccnc1=NN. The van der Waals surface area contributed by atoms with Crippen molar-refractivity contribution in [3.63, 3.8) is 0 Å². The van der Waals surface area contributed by atoms with Gasteiger partial charge in [0.2, 0.25) is 5.62 Å². The molecule has 0 aliphatic carbocycles. The molecule has 0 atom stereocenters. The summed E-state index contributed by atoms with van der Waals surface area (Å²) in [4.78, 5) is 3.85. The summed E-state index contributed by atoms with van der Waals surface area (Å²) in [5.41, 5.74) is 5.92. The van der Waals surface area contributed by atoms with E-state index in [1.165, 1.54) is 0 Å². The molecule has 0 unspecified atom stereocenters. The van der Waals surface area contributed by atoms with Crippen molar-refractivity contribution in [3.05, 3.63) is 17.9 Å². The third kappa shape index (κ3) is 0.928. The first-order chi connectivity index (χ1) is 4.75. The number of anilines is 1. The van der Waals surface area contributed by atoms with Crippen LogP contribution in [-0.2, 0) is 7.05 Å². The maximum atomic E-state index is 5.50. The lowest BCUT2D eigenvalue weighted by atomic mass is 10.6. The normalized spacial score (nSPS) is 11.9. The molecule has 10 heavy (non-hydrogen) atoms. The molecule has 54 valence electrons. The third-order valence-corrected chi connectivity index (χ3v) is 1.24. The zero-order valence-corrected chi connectivity index (χ0v) is 5.65. The van der Waals surface area contributed by atoms with Gasteiger partial charge in [0.1, 0.15) is 5.82 Å². The Balaban J connectivity index is 3.43. The maximum Gasteiger partial charge on any atom is 0.247 e. The van der Waals surface area contributed by atoms with Gasteiger partial charge in [-0.1, -0.05) is 0 Å². The Bertz CT molecular complexity index is 286. The molecule has 0 spiro atoms. The summed E-state index contributed by atoms with van der Waals surface area (Å²) in [7, 11) is 1.74. The van der Waals surface area contributed by atoms with E-state index in [2.05, 4.69) is 10.1 Å². The van der Waals surface area contributed by atoms with Gasteiger partial charge < -0.3 is 11.6 Å². The molecule has 0 fully saturated rings. The smallest absolute Gasteiger partial charge is 0.247 e. The number of rotatable bonds is 0. The van der Waals surface area contributed by atoms with E-state index in [0.29, 0.717) is 11.4 Å². The largest absolute Gasteiger partial charge is 0.385 e. The van der Waals surface area contributed by atoms with Crippen molar-refractivity contribution >= 4 is 5.82 Å². The van der Waals surface area contributed by atoms with E-state index < -0.39 is 0 Å². The highest BCUT2D eigenvalue weighted by Gasteiger charge is 1.89. The number of aromatic nitrogens is 2. The highest BCUT2D eigenvalue weighted by molar-refractivity contribution is 5.25. The van der Waals surface area contributed by atoms with Crippen LogP contribution >= 0.6 is 0 Å². The molecule has 0 amide bonds. The molecule has 0 aliphatic rings. The van der Waals surface area contributed by atoms with Crippen LogP contribution in [0.25, 0.3) is 0 Å². The lowest BCUT2D eigenvalue weighted by Crippen LogP contribution is -2.24. The second kappa shape index (κ2) is 2.38. The van der Waals surface area contributed by atoms with Crippen molar-refractivity contribution in [2.75, 3.05) is 5.73 Å². The number of nitrogen functional groups attached to an aromatic ring is 1. The van der Waals surface area contributed by atoms with Crippen LogP contribution in [0.3, 0.4) is 0 Å². The quantitative estimate of drug-likeness (QED) is 0.349. The van der Waals surface area contributed by atoms with Crippen molar-refractivity contribution in [1.82, 2.24) is 9.55 Å². The lowest BCUT2D eigenvalue weighted by Gasteiger charge is -2.00. The average molecular weight is 139 g/mol. The van der Waals surface area contributed by atoms with E-state index in [0.717, 1.165) is 0 Å². The highest BCUT2D eigenvalue weighted by Crippen LogP contribution is 1.89. The topological polar surface area (TPSA) is 82.2 Å². The highest BCUT2D eigenvalue weighted by atomic mass is 15.2. The van der Waals surface area contributed by atoms with Gasteiger partial charge in [0.25, 0.3) is 0 Å². The van der Waals surface area contributed by atoms with Crippen LogP contribution in [-0.4, -0.2) is 9.55 Å². The predicted octanol–water partition coefficient (Wildman–Crippen LogP) is -1.22. The van der Waals surface area contributed by atoms with E-state index in [9.17, 15) is 0 Å². The Hall–Kier alpha value is -1.52. The van der Waals surface area contributed by atoms with Gasteiger partial charge in [0.15, 0.2) is 0 Å². The van der Waals surface area contributed by atoms with E-state index in [1.807, 2.05) is 0 Å². The van der Waals surface area contributed by atoms with E-state index in [4.69, 9.17) is 11.6 Å². The van der Waals surface area contributed by atoms with Crippen LogP contribution in [0, 0.1) is 0 Å². The Kier molecular flexibility index (Phi) is 1.57. The van der Waals surface area contributed by atoms with Crippen LogP contribution in [0.15, 0.2) is 17.4 Å². The van der Waals surface area contributed by atoms with Crippen molar-refractivity contribution in [2.24, 2.45) is 18.0 Å².